The Morgan fingerprint density at radius 3 is 2.71 bits per heavy atom. The highest BCUT2D eigenvalue weighted by Gasteiger charge is 2.21. The topological polar surface area (TPSA) is 32.3 Å². The van der Waals surface area contributed by atoms with E-state index < -0.39 is 0 Å². The Balaban J connectivity index is 2.27. The zero-order valence-corrected chi connectivity index (χ0v) is 18.4. The van der Waals surface area contributed by atoms with Gasteiger partial charge in [0.1, 0.15) is 0 Å². The van der Waals surface area contributed by atoms with E-state index in [-0.39, 0.29) is 11.8 Å². The van der Waals surface area contributed by atoms with E-state index in [0.717, 1.165) is 46.9 Å². The summed E-state index contributed by atoms with van der Waals surface area (Å²) in [7, 11) is 1.67. The van der Waals surface area contributed by atoms with Gasteiger partial charge in [-0.05, 0) is 43.0 Å². The summed E-state index contributed by atoms with van der Waals surface area (Å²) in [5.41, 5.74) is 3.98. The number of likely N-dealkylation sites (N-methyl/N-ethyl adjacent to an activating group) is 1. The van der Waals surface area contributed by atoms with Crippen LogP contribution >= 0.6 is 11.6 Å². The van der Waals surface area contributed by atoms with Gasteiger partial charge in [-0.3, -0.25) is 4.79 Å². The molecule has 28 heavy (non-hydrogen) atoms. The zero-order valence-electron chi connectivity index (χ0n) is 17.6. The molecule has 0 radical (unpaired) electrons. The van der Waals surface area contributed by atoms with Gasteiger partial charge < -0.3 is 10.2 Å². The fraction of sp³-hybridized carbons (Fsp3) is 0.458. The fourth-order valence-electron chi connectivity index (χ4n) is 3.61. The van der Waals surface area contributed by atoms with E-state index in [0.29, 0.717) is 0 Å². The first-order valence-corrected chi connectivity index (χ1v) is 10.7. The van der Waals surface area contributed by atoms with Crippen LogP contribution in [0.15, 0.2) is 53.6 Å². The number of amides is 1. The van der Waals surface area contributed by atoms with E-state index in [1.54, 1.807) is 7.05 Å². The molecule has 0 aromatic heterocycles. The summed E-state index contributed by atoms with van der Waals surface area (Å²) in [6.45, 7) is 8.49. The van der Waals surface area contributed by atoms with Crippen LogP contribution in [0, 0.1) is 0 Å². The molecule has 1 aliphatic rings. The number of carbonyl (C=O) groups is 1. The number of unbranched alkanes of at least 4 members (excludes halogenated alkanes) is 2. The number of rotatable bonds is 9. The average molecular weight is 401 g/mol. The molecule has 1 aromatic carbocycles. The van der Waals surface area contributed by atoms with E-state index in [4.69, 9.17) is 11.6 Å². The second kappa shape index (κ2) is 11.1. The second-order valence-electron chi connectivity index (χ2n) is 7.20. The van der Waals surface area contributed by atoms with Crippen molar-refractivity contribution in [2.75, 3.05) is 25.0 Å². The monoisotopic (exact) mass is 400 g/mol. The Labute approximate surface area is 175 Å². The lowest BCUT2D eigenvalue weighted by molar-refractivity contribution is -0.116. The van der Waals surface area contributed by atoms with Gasteiger partial charge in [-0.15, -0.1) is 0 Å². The lowest BCUT2D eigenvalue weighted by Gasteiger charge is -2.25. The zero-order chi connectivity index (χ0) is 20.5. The third kappa shape index (κ3) is 5.51. The lowest BCUT2D eigenvalue weighted by atomic mass is 9.87. The van der Waals surface area contributed by atoms with Gasteiger partial charge in [0.15, 0.2) is 0 Å². The highest BCUT2D eigenvalue weighted by atomic mass is 35.5. The summed E-state index contributed by atoms with van der Waals surface area (Å²) < 4.78 is 0. The predicted octanol–water partition coefficient (Wildman–Crippen LogP) is 6.02. The molecule has 0 saturated heterocycles. The van der Waals surface area contributed by atoms with Crippen LogP contribution in [0.3, 0.4) is 0 Å². The van der Waals surface area contributed by atoms with E-state index in [1.165, 1.54) is 19.3 Å². The number of hydrogen-bond donors (Lipinski definition) is 1. The minimum absolute atomic E-state index is 0.0439. The molecule has 0 saturated carbocycles. The molecule has 1 N–H and O–H groups in total. The smallest absolute Gasteiger partial charge is 0.251 e. The summed E-state index contributed by atoms with van der Waals surface area (Å²) in [5.74, 6) is 0.0330. The van der Waals surface area contributed by atoms with Gasteiger partial charge in [-0.2, -0.15) is 0 Å². The minimum Gasteiger partial charge on any atom is -0.371 e. The molecule has 0 aliphatic heterocycles. The third-order valence-corrected chi connectivity index (χ3v) is 5.65. The van der Waals surface area contributed by atoms with Crippen molar-refractivity contribution < 1.29 is 4.79 Å². The molecule has 2 rings (SSSR count). The predicted molar refractivity (Wildman–Crippen MR) is 121 cm³/mol. The van der Waals surface area contributed by atoms with Crippen molar-refractivity contribution >= 4 is 23.2 Å². The molecule has 0 spiro atoms. The van der Waals surface area contributed by atoms with Crippen LogP contribution in [0.1, 0.15) is 57.9 Å². The first kappa shape index (κ1) is 22.3. The summed E-state index contributed by atoms with van der Waals surface area (Å²) in [5, 5.41) is 3.53. The van der Waals surface area contributed by atoms with Crippen molar-refractivity contribution in [1.82, 2.24) is 5.32 Å². The van der Waals surface area contributed by atoms with Crippen LogP contribution in [0.25, 0.3) is 0 Å². The quantitative estimate of drug-likeness (QED) is 0.514. The molecule has 0 fully saturated rings. The Morgan fingerprint density at radius 2 is 2.07 bits per heavy atom. The maximum Gasteiger partial charge on any atom is 0.251 e. The Morgan fingerprint density at radius 1 is 1.29 bits per heavy atom. The SMILES string of the molecule is CCCCCN(CC)c1ccc(C(C)C2=CC=CCC=C2C(=O)NC)cc1Cl. The van der Waals surface area contributed by atoms with Gasteiger partial charge in [0.05, 0.1) is 10.7 Å². The van der Waals surface area contributed by atoms with Gasteiger partial charge >= 0.3 is 0 Å². The largest absolute Gasteiger partial charge is 0.371 e. The molecule has 4 heteroatoms. The third-order valence-electron chi connectivity index (χ3n) is 5.34. The van der Waals surface area contributed by atoms with Gasteiger partial charge in [-0.25, -0.2) is 0 Å². The summed E-state index contributed by atoms with van der Waals surface area (Å²) in [6, 6.07) is 6.33. The maximum absolute atomic E-state index is 12.4. The van der Waals surface area contributed by atoms with Crippen LogP contribution in [-0.2, 0) is 4.79 Å². The van der Waals surface area contributed by atoms with Crippen molar-refractivity contribution in [3.8, 4) is 0 Å². The number of benzene rings is 1. The number of halogens is 1. The molecular weight excluding hydrogens is 368 g/mol. The molecular formula is C24H33ClN2O. The van der Waals surface area contributed by atoms with Crippen molar-refractivity contribution in [3.63, 3.8) is 0 Å². The summed E-state index contributed by atoms with van der Waals surface area (Å²) >= 11 is 6.69. The van der Waals surface area contributed by atoms with E-state index >= 15 is 0 Å². The Hall–Kier alpha value is -2.00. The van der Waals surface area contributed by atoms with E-state index in [2.05, 4.69) is 55.3 Å². The van der Waals surface area contributed by atoms with Gasteiger partial charge in [0, 0.05) is 31.6 Å². The number of nitrogens with zero attached hydrogens (tertiary/aromatic N) is 1. The molecule has 1 amide bonds. The minimum atomic E-state index is -0.0439. The maximum atomic E-state index is 12.4. The molecule has 1 aromatic rings. The fourth-order valence-corrected chi connectivity index (χ4v) is 3.92. The summed E-state index contributed by atoms with van der Waals surface area (Å²) in [6.07, 6.45) is 12.5. The number of anilines is 1. The highest BCUT2D eigenvalue weighted by Crippen LogP contribution is 2.35. The van der Waals surface area contributed by atoms with Crippen LogP contribution < -0.4 is 10.2 Å². The van der Waals surface area contributed by atoms with Crippen molar-refractivity contribution in [3.05, 3.63) is 64.2 Å². The van der Waals surface area contributed by atoms with Gasteiger partial charge in [0.25, 0.3) is 5.91 Å². The summed E-state index contributed by atoms with van der Waals surface area (Å²) in [4.78, 5) is 14.7. The molecule has 1 aliphatic carbocycles. The standard InChI is InChI=1S/C24H33ClN2O/c1-5-7-11-16-27(6-2)23-15-14-19(17-22(23)25)18(3)20-12-9-8-10-13-21(20)24(28)26-4/h8-9,12-15,17-18H,5-7,10-11,16H2,1-4H3,(H,26,28). The van der Waals surface area contributed by atoms with Gasteiger partial charge in [0.2, 0.25) is 0 Å². The van der Waals surface area contributed by atoms with Crippen molar-refractivity contribution in [2.45, 2.75) is 52.4 Å². The van der Waals surface area contributed by atoms with Gasteiger partial charge in [-0.1, -0.05) is 68.7 Å². The molecule has 0 bridgehead atoms. The Bertz CT molecular complexity index is 764. The molecule has 1 unspecified atom stereocenters. The first-order valence-electron chi connectivity index (χ1n) is 10.4. The molecule has 1 atom stereocenters. The van der Waals surface area contributed by atoms with Crippen LogP contribution in [0.5, 0.6) is 0 Å². The second-order valence-corrected chi connectivity index (χ2v) is 7.61. The lowest BCUT2D eigenvalue weighted by Crippen LogP contribution is -2.24. The van der Waals surface area contributed by atoms with Crippen LogP contribution in [0.4, 0.5) is 5.69 Å². The normalized spacial score (nSPS) is 14.8. The highest BCUT2D eigenvalue weighted by molar-refractivity contribution is 6.33. The number of hydrogen-bond acceptors (Lipinski definition) is 2. The van der Waals surface area contributed by atoms with E-state index in [9.17, 15) is 4.79 Å². The van der Waals surface area contributed by atoms with Crippen molar-refractivity contribution in [2.24, 2.45) is 0 Å². The molecule has 3 nitrogen and oxygen atoms in total. The van der Waals surface area contributed by atoms with Crippen LogP contribution in [-0.4, -0.2) is 26.0 Å². The first-order chi connectivity index (χ1) is 13.5. The molecule has 0 heterocycles. The average Bonchev–Trinajstić information content (AvgIpc) is 2.96. The number of nitrogens with one attached hydrogen (secondary N) is 1. The van der Waals surface area contributed by atoms with Crippen LogP contribution in [0.2, 0.25) is 5.02 Å². The van der Waals surface area contributed by atoms with Crippen molar-refractivity contribution in [1.29, 1.82) is 0 Å². The number of allylic oxidation sites excluding steroid dienone is 4. The number of carbonyl (C=O) groups excluding carboxylic acids is 1. The van der Waals surface area contributed by atoms with E-state index in [1.807, 2.05) is 18.2 Å². The Kier molecular flexibility index (Phi) is 8.85. The molecule has 152 valence electrons.